The summed E-state index contributed by atoms with van der Waals surface area (Å²) in [7, 11) is 0. The van der Waals surface area contributed by atoms with Crippen LogP contribution in [-0.2, 0) is 11.2 Å². The zero-order valence-corrected chi connectivity index (χ0v) is 17.4. The van der Waals surface area contributed by atoms with E-state index in [0.29, 0.717) is 0 Å². The first kappa shape index (κ1) is 18.5. The molecular formula is C20H28N4O2S. The number of carbonyl (C=O) groups excluding carboxylic acids is 1. The predicted octanol–water partition coefficient (Wildman–Crippen LogP) is 4.09. The number of nitrogens with zero attached hydrogens (tertiary/aromatic N) is 4. The van der Waals surface area contributed by atoms with Crippen LogP contribution in [0.15, 0.2) is 12.4 Å². The van der Waals surface area contributed by atoms with Gasteiger partial charge in [-0.05, 0) is 46.1 Å². The molecule has 0 unspecified atom stereocenters. The van der Waals surface area contributed by atoms with Gasteiger partial charge in [0.1, 0.15) is 22.6 Å². The van der Waals surface area contributed by atoms with E-state index in [1.807, 2.05) is 25.7 Å². The minimum atomic E-state index is -0.431. The highest BCUT2D eigenvalue weighted by molar-refractivity contribution is 7.18. The average molecular weight is 389 g/mol. The molecule has 0 aromatic carbocycles. The Hall–Kier alpha value is -1.89. The minimum absolute atomic E-state index is 0.182. The van der Waals surface area contributed by atoms with Crippen LogP contribution in [0, 0.1) is 5.41 Å². The number of likely N-dealkylation sites (tertiary alicyclic amines) is 1. The first-order valence-electron chi connectivity index (χ1n) is 9.75. The van der Waals surface area contributed by atoms with Crippen molar-refractivity contribution in [3.63, 3.8) is 0 Å². The molecule has 0 N–H and O–H groups in total. The normalized spacial score (nSPS) is 19.4. The van der Waals surface area contributed by atoms with Crippen molar-refractivity contribution in [1.82, 2.24) is 14.9 Å². The summed E-state index contributed by atoms with van der Waals surface area (Å²) in [5.41, 5.74) is -0.178. The number of rotatable bonds is 2. The number of piperidine rings is 1. The summed E-state index contributed by atoms with van der Waals surface area (Å²) in [4.78, 5) is 27.9. The molecule has 2 aliphatic heterocycles. The van der Waals surface area contributed by atoms with E-state index in [0.717, 1.165) is 56.1 Å². The molecule has 2 aromatic heterocycles. The zero-order chi connectivity index (χ0) is 19.2. The number of aromatic nitrogens is 2. The van der Waals surface area contributed by atoms with E-state index in [2.05, 4.69) is 27.9 Å². The Bertz CT molecular complexity index is 841. The molecule has 2 aliphatic rings. The molecule has 2 saturated heterocycles. The summed E-state index contributed by atoms with van der Waals surface area (Å²) in [6, 6.07) is 2.24. The fraction of sp³-hybridized carbons (Fsp3) is 0.650. The van der Waals surface area contributed by atoms with E-state index >= 15 is 0 Å². The zero-order valence-electron chi connectivity index (χ0n) is 16.6. The van der Waals surface area contributed by atoms with Gasteiger partial charge in [-0.3, -0.25) is 0 Å². The minimum Gasteiger partial charge on any atom is -0.444 e. The molecule has 146 valence electrons. The van der Waals surface area contributed by atoms with Crippen LogP contribution in [0.5, 0.6) is 0 Å². The molecule has 4 heterocycles. The number of anilines is 1. The summed E-state index contributed by atoms with van der Waals surface area (Å²) in [5.74, 6) is 1.06. The van der Waals surface area contributed by atoms with Gasteiger partial charge in [0.05, 0.1) is 5.39 Å². The van der Waals surface area contributed by atoms with Gasteiger partial charge in [-0.25, -0.2) is 14.8 Å². The monoisotopic (exact) mass is 388 g/mol. The van der Waals surface area contributed by atoms with Crippen LogP contribution in [0.1, 0.15) is 45.4 Å². The van der Waals surface area contributed by atoms with E-state index in [9.17, 15) is 4.79 Å². The first-order valence-corrected chi connectivity index (χ1v) is 10.6. The number of hydrogen-bond donors (Lipinski definition) is 0. The van der Waals surface area contributed by atoms with Gasteiger partial charge in [0.15, 0.2) is 0 Å². The summed E-state index contributed by atoms with van der Waals surface area (Å²) in [6.07, 6.45) is 4.71. The molecule has 0 atom stereocenters. The van der Waals surface area contributed by atoms with E-state index in [4.69, 9.17) is 4.74 Å². The first-order chi connectivity index (χ1) is 12.8. The fourth-order valence-electron chi connectivity index (χ4n) is 4.05. The third-order valence-electron chi connectivity index (χ3n) is 5.54. The molecule has 27 heavy (non-hydrogen) atoms. The van der Waals surface area contributed by atoms with Crippen molar-refractivity contribution in [2.75, 3.05) is 31.1 Å². The van der Waals surface area contributed by atoms with Crippen molar-refractivity contribution < 1.29 is 9.53 Å². The maximum atomic E-state index is 12.2. The maximum absolute atomic E-state index is 12.2. The number of hydrogen-bond acceptors (Lipinski definition) is 6. The number of ether oxygens (including phenoxy) is 1. The van der Waals surface area contributed by atoms with Crippen molar-refractivity contribution in [1.29, 1.82) is 0 Å². The average Bonchev–Trinajstić information content (AvgIpc) is 3.01. The van der Waals surface area contributed by atoms with Gasteiger partial charge in [-0.1, -0.05) is 6.92 Å². The van der Waals surface area contributed by atoms with Crippen molar-refractivity contribution in [3.8, 4) is 0 Å². The van der Waals surface area contributed by atoms with Gasteiger partial charge in [-0.2, -0.15) is 0 Å². The number of carbonyl (C=O) groups is 1. The van der Waals surface area contributed by atoms with Crippen LogP contribution in [0.3, 0.4) is 0 Å². The van der Waals surface area contributed by atoms with E-state index in [1.165, 1.54) is 10.3 Å². The summed E-state index contributed by atoms with van der Waals surface area (Å²) < 4.78 is 5.49. The third-order valence-corrected chi connectivity index (χ3v) is 6.72. The lowest BCUT2D eigenvalue weighted by Gasteiger charge is -2.53. The highest BCUT2D eigenvalue weighted by atomic mass is 32.1. The summed E-state index contributed by atoms with van der Waals surface area (Å²) in [6.45, 7) is 11.5. The van der Waals surface area contributed by atoms with Crippen molar-refractivity contribution in [2.24, 2.45) is 5.41 Å². The molecule has 0 saturated carbocycles. The molecule has 1 amide bonds. The van der Waals surface area contributed by atoms with E-state index in [1.54, 1.807) is 17.7 Å². The lowest BCUT2D eigenvalue weighted by molar-refractivity contribution is -0.0434. The second-order valence-electron chi connectivity index (χ2n) is 8.81. The Balaban J connectivity index is 1.39. The summed E-state index contributed by atoms with van der Waals surface area (Å²) >= 11 is 1.76. The van der Waals surface area contributed by atoms with Crippen molar-refractivity contribution in [3.05, 3.63) is 17.3 Å². The van der Waals surface area contributed by atoms with E-state index in [-0.39, 0.29) is 11.5 Å². The standard InChI is InChI=1S/C20H28N4O2S/c1-5-14-10-15-16(21-13-22-17(15)27-14)23-8-6-20(7-9-23)11-24(12-20)18(25)26-19(2,3)4/h10,13H,5-9,11-12H2,1-4H3. The molecule has 2 fully saturated rings. The quantitative estimate of drug-likeness (QED) is 0.775. The van der Waals surface area contributed by atoms with Gasteiger partial charge >= 0.3 is 6.09 Å². The molecule has 0 bridgehead atoms. The van der Waals surface area contributed by atoms with Crippen LogP contribution in [0.4, 0.5) is 10.6 Å². The van der Waals surface area contributed by atoms with Crippen LogP contribution in [0.2, 0.25) is 0 Å². The van der Waals surface area contributed by atoms with E-state index < -0.39 is 5.60 Å². The molecule has 7 heteroatoms. The second kappa shape index (κ2) is 6.62. The van der Waals surface area contributed by atoms with Gasteiger partial charge in [0, 0.05) is 36.5 Å². The Morgan fingerprint density at radius 2 is 1.96 bits per heavy atom. The number of amides is 1. The highest BCUT2D eigenvalue weighted by Gasteiger charge is 2.48. The highest BCUT2D eigenvalue weighted by Crippen LogP contribution is 2.42. The lowest BCUT2D eigenvalue weighted by atomic mass is 9.72. The van der Waals surface area contributed by atoms with Crippen LogP contribution < -0.4 is 4.90 Å². The third kappa shape index (κ3) is 3.61. The Labute approximate surface area is 164 Å². The summed E-state index contributed by atoms with van der Waals surface area (Å²) in [5, 5.41) is 1.18. The van der Waals surface area contributed by atoms with Crippen molar-refractivity contribution >= 4 is 33.5 Å². The molecule has 4 rings (SSSR count). The lowest BCUT2D eigenvalue weighted by Crippen LogP contribution is -2.62. The van der Waals surface area contributed by atoms with Crippen molar-refractivity contribution in [2.45, 2.75) is 52.6 Å². The SMILES string of the molecule is CCc1cc2c(N3CCC4(CC3)CN(C(=O)OC(C)(C)C)C4)ncnc2s1. The van der Waals surface area contributed by atoms with Gasteiger partial charge in [-0.15, -0.1) is 11.3 Å². The fourth-order valence-corrected chi connectivity index (χ4v) is 4.98. The number of thiophene rings is 1. The van der Waals surface area contributed by atoms with Crippen LogP contribution in [0.25, 0.3) is 10.2 Å². The van der Waals surface area contributed by atoms with Gasteiger partial charge < -0.3 is 14.5 Å². The number of fused-ring (bicyclic) bond motifs is 1. The molecule has 1 spiro atoms. The van der Waals surface area contributed by atoms with Gasteiger partial charge in [0.2, 0.25) is 0 Å². The van der Waals surface area contributed by atoms with Crippen LogP contribution >= 0.6 is 11.3 Å². The molecule has 6 nitrogen and oxygen atoms in total. The Morgan fingerprint density at radius 3 is 2.59 bits per heavy atom. The predicted molar refractivity (Wildman–Crippen MR) is 108 cm³/mol. The Morgan fingerprint density at radius 1 is 1.26 bits per heavy atom. The topological polar surface area (TPSA) is 58.6 Å². The molecule has 0 radical (unpaired) electrons. The largest absolute Gasteiger partial charge is 0.444 e. The second-order valence-corrected chi connectivity index (χ2v) is 9.92. The molecule has 0 aliphatic carbocycles. The van der Waals surface area contributed by atoms with Gasteiger partial charge in [0.25, 0.3) is 0 Å². The smallest absolute Gasteiger partial charge is 0.410 e. The molecular weight excluding hydrogens is 360 g/mol. The maximum Gasteiger partial charge on any atom is 0.410 e. The Kier molecular flexibility index (Phi) is 4.53. The van der Waals surface area contributed by atoms with Crippen LogP contribution in [-0.4, -0.2) is 52.7 Å². The number of aryl methyl sites for hydroxylation is 1. The molecule has 2 aromatic rings.